The molecule has 7 heteroatoms. The second kappa shape index (κ2) is 6.31. The van der Waals surface area contributed by atoms with Gasteiger partial charge in [0.2, 0.25) is 11.9 Å². The molecule has 124 valence electrons. The minimum Gasteiger partial charge on any atom is -0.310 e. The number of hydrogen-bond donors (Lipinski definition) is 1. The first-order chi connectivity index (χ1) is 11.0. The molecule has 3 rings (SSSR count). The zero-order valence-corrected chi connectivity index (χ0v) is 14.0. The number of nitrogens with zero attached hydrogens (tertiary/aromatic N) is 2. The number of aryl methyl sites for hydroxylation is 1. The minimum atomic E-state index is -2.95. The van der Waals surface area contributed by atoms with Crippen molar-refractivity contribution in [3.8, 4) is 0 Å². The summed E-state index contributed by atoms with van der Waals surface area (Å²) in [6.07, 6.45) is 1.74. The first-order valence-corrected chi connectivity index (χ1v) is 9.76. The Balaban J connectivity index is 1.75. The standard InChI is InChI=1S/C16H21N3O3S/c1-2-8-19-14-6-4-3-5-13(14)17-16(19)18-15(20)10-12-7-9-23(21,22)11-12/h3-6,12H,2,7-11H2,1H3,(H,17,18,20). The molecular formula is C16H21N3O3S. The molecule has 1 aliphatic rings. The molecule has 1 unspecified atom stereocenters. The van der Waals surface area contributed by atoms with E-state index >= 15 is 0 Å². The molecule has 1 aromatic heterocycles. The Labute approximate surface area is 135 Å². The van der Waals surface area contributed by atoms with E-state index in [9.17, 15) is 13.2 Å². The van der Waals surface area contributed by atoms with Crippen LogP contribution in [0.3, 0.4) is 0 Å². The number of anilines is 1. The highest BCUT2D eigenvalue weighted by Gasteiger charge is 2.29. The summed E-state index contributed by atoms with van der Waals surface area (Å²) >= 11 is 0. The van der Waals surface area contributed by atoms with Gasteiger partial charge in [-0.1, -0.05) is 19.1 Å². The summed E-state index contributed by atoms with van der Waals surface area (Å²) in [5.41, 5.74) is 1.84. The zero-order chi connectivity index (χ0) is 16.4. The van der Waals surface area contributed by atoms with Gasteiger partial charge >= 0.3 is 0 Å². The Hall–Kier alpha value is -1.89. The fraction of sp³-hybridized carbons (Fsp3) is 0.500. The molecule has 1 aromatic carbocycles. The van der Waals surface area contributed by atoms with E-state index in [1.54, 1.807) is 0 Å². The number of carbonyl (C=O) groups excluding carboxylic acids is 1. The van der Waals surface area contributed by atoms with Gasteiger partial charge in [-0.3, -0.25) is 10.1 Å². The van der Waals surface area contributed by atoms with Gasteiger partial charge in [0, 0.05) is 13.0 Å². The third-order valence-corrected chi connectivity index (χ3v) is 5.99. The van der Waals surface area contributed by atoms with Gasteiger partial charge in [-0.2, -0.15) is 0 Å². The molecule has 1 saturated heterocycles. The monoisotopic (exact) mass is 335 g/mol. The lowest BCUT2D eigenvalue weighted by atomic mass is 10.1. The summed E-state index contributed by atoms with van der Waals surface area (Å²) < 4.78 is 25.0. The maximum atomic E-state index is 12.3. The molecule has 2 heterocycles. The molecule has 0 bridgehead atoms. The van der Waals surface area contributed by atoms with E-state index in [0.717, 1.165) is 24.0 Å². The van der Waals surface area contributed by atoms with Gasteiger partial charge in [0.15, 0.2) is 9.84 Å². The molecule has 2 aromatic rings. The lowest BCUT2D eigenvalue weighted by Gasteiger charge is -2.10. The number of benzene rings is 1. The number of sulfone groups is 1. The maximum Gasteiger partial charge on any atom is 0.226 e. The third kappa shape index (κ3) is 3.55. The van der Waals surface area contributed by atoms with Gasteiger partial charge in [0.1, 0.15) is 0 Å². The van der Waals surface area contributed by atoms with Crippen molar-refractivity contribution < 1.29 is 13.2 Å². The molecule has 1 fully saturated rings. The number of imidazole rings is 1. The first-order valence-electron chi connectivity index (χ1n) is 7.94. The van der Waals surface area contributed by atoms with E-state index in [0.29, 0.717) is 12.4 Å². The lowest BCUT2D eigenvalue weighted by Crippen LogP contribution is -2.19. The number of fused-ring (bicyclic) bond motifs is 1. The summed E-state index contributed by atoms with van der Waals surface area (Å²) in [6, 6.07) is 7.77. The lowest BCUT2D eigenvalue weighted by molar-refractivity contribution is -0.117. The van der Waals surface area contributed by atoms with E-state index in [4.69, 9.17) is 0 Å². The average molecular weight is 335 g/mol. The average Bonchev–Trinajstić information content (AvgIpc) is 3.00. The number of nitrogens with one attached hydrogen (secondary N) is 1. The van der Waals surface area contributed by atoms with Crippen LogP contribution < -0.4 is 5.32 Å². The molecule has 1 aliphatic heterocycles. The Bertz CT molecular complexity index is 826. The molecule has 0 radical (unpaired) electrons. The van der Waals surface area contributed by atoms with Crippen LogP contribution in [0.4, 0.5) is 5.95 Å². The summed E-state index contributed by atoms with van der Waals surface area (Å²) in [5, 5.41) is 2.86. The van der Waals surface area contributed by atoms with Gasteiger partial charge in [-0.05, 0) is 30.9 Å². The highest BCUT2D eigenvalue weighted by atomic mass is 32.2. The zero-order valence-electron chi connectivity index (χ0n) is 13.2. The normalized spacial score (nSPS) is 20.0. The highest BCUT2D eigenvalue weighted by Crippen LogP contribution is 2.23. The van der Waals surface area contributed by atoms with E-state index in [-0.39, 0.29) is 29.8 Å². The molecule has 1 atom stereocenters. The van der Waals surface area contributed by atoms with Crippen LogP contribution in [0.1, 0.15) is 26.2 Å². The Morgan fingerprint density at radius 3 is 2.87 bits per heavy atom. The Kier molecular flexibility index (Phi) is 4.39. The second-order valence-corrected chi connectivity index (χ2v) is 8.33. The molecule has 0 aliphatic carbocycles. The predicted molar refractivity (Wildman–Crippen MR) is 90.0 cm³/mol. The van der Waals surface area contributed by atoms with Crippen molar-refractivity contribution >= 4 is 32.7 Å². The van der Waals surface area contributed by atoms with Crippen molar-refractivity contribution in [2.24, 2.45) is 5.92 Å². The number of hydrogen-bond acceptors (Lipinski definition) is 4. The summed E-state index contributed by atoms with van der Waals surface area (Å²) in [5.74, 6) is 0.605. The molecular weight excluding hydrogens is 314 g/mol. The Morgan fingerprint density at radius 2 is 2.17 bits per heavy atom. The number of amides is 1. The van der Waals surface area contributed by atoms with Crippen LogP contribution in [0.2, 0.25) is 0 Å². The van der Waals surface area contributed by atoms with E-state index < -0.39 is 9.84 Å². The summed E-state index contributed by atoms with van der Waals surface area (Å²) in [4.78, 5) is 16.7. The maximum absolute atomic E-state index is 12.3. The van der Waals surface area contributed by atoms with Crippen molar-refractivity contribution in [2.75, 3.05) is 16.8 Å². The number of para-hydroxylation sites is 2. The summed E-state index contributed by atoms with van der Waals surface area (Å²) in [7, 11) is -2.95. The topological polar surface area (TPSA) is 81.1 Å². The van der Waals surface area contributed by atoms with Crippen LogP contribution in [0, 0.1) is 5.92 Å². The van der Waals surface area contributed by atoms with Crippen molar-refractivity contribution in [1.82, 2.24) is 9.55 Å². The minimum absolute atomic E-state index is 0.0796. The van der Waals surface area contributed by atoms with Gasteiger partial charge in [-0.25, -0.2) is 13.4 Å². The van der Waals surface area contributed by atoms with Crippen LogP contribution >= 0.6 is 0 Å². The van der Waals surface area contributed by atoms with Crippen LogP contribution in [0.15, 0.2) is 24.3 Å². The molecule has 23 heavy (non-hydrogen) atoms. The van der Waals surface area contributed by atoms with Crippen molar-refractivity contribution in [3.05, 3.63) is 24.3 Å². The van der Waals surface area contributed by atoms with Gasteiger partial charge in [-0.15, -0.1) is 0 Å². The van der Waals surface area contributed by atoms with Gasteiger partial charge in [0.05, 0.1) is 22.5 Å². The molecule has 0 saturated carbocycles. The molecule has 6 nitrogen and oxygen atoms in total. The van der Waals surface area contributed by atoms with Crippen LogP contribution in [-0.4, -0.2) is 35.4 Å². The predicted octanol–water partition coefficient (Wildman–Crippen LogP) is 2.21. The van der Waals surface area contributed by atoms with E-state index in [1.807, 2.05) is 28.8 Å². The molecule has 1 N–H and O–H groups in total. The van der Waals surface area contributed by atoms with Crippen LogP contribution in [0.5, 0.6) is 0 Å². The van der Waals surface area contributed by atoms with Gasteiger partial charge in [0.25, 0.3) is 0 Å². The fourth-order valence-electron chi connectivity index (χ4n) is 3.09. The van der Waals surface area contributed by atoms with Crippen molar-refractivity contribution in [3.63, 3.8) is 0 Å². The number of carbonyl (C=O) groups is 1. The third-order valence-electron chi connectivity index (χ3n) is 4.15. The largest absolute Gasteiger partial charge is 0.310 e. The highest BCUT2D eigenvalue weighted by molar-refractivity contribution is 7.91. The number of aromatic nitrogens is 2. The second-order valence-electron chi connectivity index (χ2n) is 6.10. The molecule has 1 amide bonds. The smallest absolute Gasteiger partial charge is 0.226 e. The Morgan fingerprint density at radius 1 is 1.39 bits per heavy atom. The fourth-order valence-corrected chi connectivity index (χ4v) is 4.95. The van der Waals surface area contributed by atoms with Crippen LogP contribution in [0.25, 0.3) is 11.0 Å². The number of rotatable bonds is 5. The van der Waals surface area contributed by atoms with Crippen LogP contribution in [-0.2, 0) is 21.2 Å². The SMILES string of the molecule is CCCn1c(NC(=O)CC2CCS(=O)(=O)C2)nc2ccccc21. The first kappa shape index (κ1) is 16.0. The summed E-state index contributed by atoms with van der Waals surface area (Å²) in [6.45, 7) is 2.84. The van der Waals surface area contributed by atoms with Crippen molar-refractivity contribution in [2.45, 2.75) is 32.7 Å². The van der Waals surface area contributed by atoms with E-state index in [1.165, 1.54) is 0 Å². The van der Waals surface area contributed by atoms with Gasteiger partial charge < -0.3 is 4.57 Å². The molecule has 0 spiro atoms. The van der Waals surface area contributed by atoms with E-state index in [2.05, 4.69) is 17.2 Å². The van der Waals surface area contributed by atoms with Crippen molar-refractivity contribution in [1.29, 1.82) is 0 Å². The quantitative estimate of drug-likeness (QED) is 0.908.